The fraction of sp³-hybridized carbons (Fsp3) is 0.818. The number of nitrogens with zero attached hydrogens (tertiary/aromatic N) is 4. The summed E-state index contributed by atoms with van der Waals surface area (Å²) in [6.45, 7) is 21.7. The summed E-state index contributed by atoms with van der Waals surface area (Å²) in [5.41, 5.74) is 7.04. The van der Waals surface area contributed by atoms with Crippen LogP contribution in [0.3, 0.4) is 0 Å². The Bertz CT molecular complexity index is 1030. The van der Waals surface area contributed by atoms with Gasteiger partial charge >= 0.3 is 5.69 Å². The number of rotatable bonds is 8. The van der Waals surface area contributed by atoms with Gasteiger partial charge in [0.15, 0.2) is 16.6 Å². The molecule has 1 aliphatic heterocycles. The maximum Gasteiger partial charge on any atom is 0.330 e. The highest BCUT2D eigenvalue weighted by molar-refractivity contribution is 6.74. The number of aromatic nitrogens is 2. The van der Waals surface area contributed by atoms with Crippen molar-refractivity contribution in [3.05, 3.63) is 43.5 Å². The van der Waals surface area contributed by atoms with Crippen LogP contribution in [0.1, 0.15) is 54.2 Å². The Morgan fingerprint density at radius 1 is 1.18 bits per heavy atom. The van der Waals surface area contributed by atoms with Crippen LogP contribution in [0.5, 0.6) is 0 Å². The highest BCUT2D eigenvalue weighted by Crippen LogP contribution is 2.46. The lowest BCUT2D eigenvalue weighted by Gasteiger charge is -2.44. The van der Waals surface area contributed by atoms with E-state index in [1.54, 1.807) is 0 Å². The van der Waals surface area contributed by atoms with Crippen molar-refractivity contribution < 1.29 is 13.6 Å². The molecule has 0 radical (unpaired) electrons. The molecule has 0 aromatic carbocycles. The molecule has 0 amide bonds. The van der Waals surface area contributed by atoms with E-state index in [1.165, 1.54) is 16.8 Å². The van der Waals surface area contributed by atoms with E-state index in [9.17, 15) is 9.59 Å². The largest absolute Gasteiger partial charge is 0.414 e. The van der Waals surface area contributed by atoms with E-state index in [-0.39, 0.29) is 23.2 Å². The molecule has 1 saturated heterocycles. The molecule has 0 saturated carbocycles. The topological polar surface area (TPSA) is 131 Å². The Hall–Kier alpha value is -1.70. The van der Waals surface area contributed by atoms with Crippen LogP contribution in [-0.2, 0) is 13.6 Å². The van der Waals surface area contributed by atoms with Crippen molar-refractivity contribution in [3.63, 3.8) is 0 Å². The first kappa shape index (κ1) is 28.5. The molecule has 1 aliphatic rings. The highest BCUT2D eigenvalue weighted by atomic mass is 28.4. The summed E-state index contributed by atoms with van der Waals surface area (Å²) < 4.78 is 21.2. The first-order chi connectivity index (χ1) is 15.4. The van der Waals surface area contributed by atoms with Gasteiger partial charge in [0.05, 0.1) is 19.3 Å². The zero-order valence-corrected chi connectivity index (χ0v) is 24.3. The second kappa shape index (κ2) is 9.75. The summed E-state index contributed by atoms with van der Waals surface area (Å²) >= 11 is 0. The smallest absolute Gasteiger partial charge is 0.330 e. The third-order valence-corrected chi connectivity index (χ3v) is 16.6. The molecule has 2 rings (SSSR count). The summed E-state index contributed by atoms with van der Waals surface area (Å²) in [4.78, 5) is 29.4. The van der Waals surface area contributed by atoms with Crippen molar-refractivity contribution in [1.29, 1.82) is 0 Å². The lowest BCUT2D eigenvalue weighted by molar-refractivity contribution is -0.116. The van der Waals surface area contributed by atoms with Crippen LogP contribution in [-0.4, -0.2) is 51.0 Å². The number of azide groups is 1. The van der Waals surface area contributed by atoms with Crippen LogP contribution >= 0.6 is 0 Å². The molecule has 1 aromatic heterocycles. The Balaban J connectivity index is 2.55. The summed E-state index contributed by atoms with van der Waals surface area (Å²) in [6.07, 6.45) is 0.622. The first-order valence-electron chi connectivity index (χ1n) is 11.7. The van der Waals surface area contributed by atoms with E-state index in [0.717, 1.165) is 0 Å². The minimum absolute atomic E-state index is 0.00597. The number of nitrogens with one attached hydrogen (secondary N) is 1. The number of hydrogen-bond donors (Lipinski definition) is 1. The van der Waals surface area contributed by atoms with E-state index in [2.05, 4.69) is 82.7 Å². The molecule has 192 valence electrons. The van der Waals surface area contributed by atoms with Gasteiger partial charge in [-0.05, 0) is 41.8 Å². The highest BCUT2D eigenvalue weighted by Gasteiger charge is 2.54. The normalized spacial score (nSPS) is 24.2. The average Bonchev–Trinajstić information content (AvgIpc) is 3.00. The van der Waals surface area contributed by atoms with Crippen LogP contribution in [0.4, 0.5) is 0 Å². The summed E-state index contributed by atoms with van der Waals surface area (Å²) in [7, 11) is -4.45. The average molecular weight is 512 g/mol. The third kappa shape index (κ3) is 6.10. The Kier molecular flexibility index (Phi) is 8.18. The molecule has 12 heteroatoms. The molecule has 34 heavy (non-hydrogen) atoms. The molecule has 0 spiro atoms. The maximum absolute atomic E-state index is 12.5. The van der Waals surface area contributed by atoms with Gasteiger partial charge in [0, 0.05) is 23.6 Å². The van der Waals surface area contributed by atoms with Gasteiger partial charge in [-0.2, -0.15) is 0 Å². The Labute approximate surface area is 203 Å². The molecule has 0 aliphatic carbocycles. The van der Waals surface area contributed by atoms with Gasteiger partial charge < -0.3 is 13.6 Å². The third-order valence-electron chi connectivity index (χ3n) is 7.66. The molecule has 2 unspecified atom stereocenters. The molecule has 1 N–H and O–H groups in total. The second-order valence-corrected chi connectivity index (χ2v) is 21.8. The van der Waals surface area contributed by atoms with Crippen LogP contribution in [0.25, 0.3) is 10.4 Å². The maximum atomic E-state index is 12.5. The molecular weight excluding hydrogens is 470 g/mol. The molecule has 10 nitrogen and oxygen atoms in total. The van der Waals surface area contributed by atoms with Crippen molar-refractivity contribution in [3.8, 4) is 0 Å². The quantitative estimate of drug-likeness (QED) is 0.229. The van der Waals surface area contributed by atoms with Gasteiger partial charge in [-0.15, -0.1) is 0 Å². The van der Waals surface area contributed by atoms with Gasteiger partial charge in [0.25, 0.3) is 5.56 Å². The van der Waals surface area contributed by atoms with Crippen LogP contribution in [0.15, 0.2) is 27.0 Å². The number of aromatic amines is 1. The minimum atomic E-state index is -2.27. The van der Waals surface area contributed by atoms with Crippen molar-refractivity contribution in [1.82, 2.24) is 9.55 Å². The monoisotopic (exact) mass is 511 g/mol. The molecular formula is C22H41N5O5Si2. The van der Waals surface area contributed by atoms with Gasteiger partial charge in [-0.25, -0.2) is 4.79 Å². The predicted octanol–water partition coefficient (Wildman–Crippen LogP) is 4.92. The molecule has 1 aromatic rings. The van der Waals surface area contributed by atoms with E-state index in [4.69, 9.17) is 19.1 Å². The zero-order chi connectivity index (χ0) is 26.2. The van der Waals surface area contributed by atoms with Gasteiger partial charge in [-0.3, -0.25) is 14.3 Å². The molecule has 2 heterocycles. The number of hydrogen-bond acceptors (Lipinski definition) is 6. The van der Waals surface area contributed by atoms with Gasteiger partial charge in [-0.1, -0.05) is 46.7 Å². The lowest BCUT2D eigenvalue weighted by atomic mass is 9.98. The predicted molar refractivity (Wildman–Crippen MR) is 138 cm³/mol. The van der Waals surface area contributed by atoms with Crippen molar-refractivity contribution in [2.45, 2.75) is 102 Å². The first-order valence-corrected chi connectivity index (χ1v) is 17.5. The van der Waals surface area contributed by atoms with E-state index in [1.807, 2.05) is 0 Å². The Morgan fingerprint density at radius 2 is 1.76 bits per heavy atom. The van der Waals surface area contributed by atoms with Crippen LogP contribution < -0.4 is 11.2 Å². The molecule has 0 bridgehead atoms. The van der Waals surface area contributed by atoms with Crippen molar-refractivity contribution >= 4 is 16.6 Å². The fourth-order valence-corrected chi connectivity index (χ4v) is 5.70. The van der Waals surface area contributed by atoms with E-state index in [0.29, 0.717) is 6.42 Å². The van der Waals surface area contributed by atoms with Crippen molar-refractivity contribution in [2.24, 2.45) is 5.11 Å². The minimum Gasteiger partial charge on any atom is -0.414 e. The van der Waals surface area contributed by atoms with Gasteiger partial charge in [0.2, 0.25) is 0 Å². The summed E-state index contributed by atoms with van der Waals surface area (Å²) in [5.74, 6) is 0. The fourth-order valence-electron chi connectivity index (χ4n) is 3.29. The van der Waals surface area contributed by atoms with E-state index >= 15 is 0 Å². The molecule has 3 atom stereocenters. The number of H-pyrrole nitrogens is 1. The van der Waals surface area contributed by atoms with Crippen LogP contribution in [0.2, 0.25) is 36.3 Å². The van der Waals surface area contributed by atoms with Crippen LogP contribution in [0, 0.1) is 0 Å². The zero-order valence-electron chi connectivity index (χ0n) is 22.3. The summed E-state index contributed by atoms with van der Waals surface area (Å²) in [5, 5.41) is 3.78. The SMILES string of the molecule is CC(C)(C)[Si](C)(C)OCC1(CN=[N+]=[N-])O[C@@H](n2ccc(=O)[nH]c2=O)CC1O[Si](C)(C)C(C)(C)C. The van der Waals surface area contributed by atoms with Gasteiger partial charge in [0.1, 0.15) is 11.8 Å². The van der Waals surface area contributed by atoms with E-state index < -0.39 is 45.8 Å². The standard InChI is InChI=1S/C22H41N5O5Si2/c1-20(2,3)33(7,8)30-15-22(14-24-26-23)16(32-34(9,10)21(4,5)6)13-18(31-22)27-12-11-17(28)25-19(27)29/h11-12,16,18H,13-15H2,1-10H3,(H,25,28,29)/t16?,18-,22?/m1/s1. The molecule has 1 fully saturated rings. The lowest BCUT2D eigenvalue weighted by Crippen LogP contribution is -2.56. The number of ether oxygens (including phenoxy) is 1. The van der Waals surface area contributed by atoms with Crippen molar-refractivity contribution in [2.75, 3.05) is 13.2 Å². The second-order valence-electron chi connectivity index (χ2n) is 12.2. The Morgan fingerprint density at radius 3 is 2.26 bits per heavy atom. The summed E-state index contributed by atoms with van der Waals surface area (Å²) in [6, 6.07) is 1.29.